The molecule has 1 aliphatic rings. The Kier molecular flexibility index (Phi) is 6.69. The standard InChI is InChI=1S/C25H25NO5/c1-2-29-22-10-8-19(14-20(22)17-28-16-18-6-4-3-5-7-18)25(27)26-21-9-11-23-24(15-21)31-13-12-30-23/h3-11,14-15H,2,12-13,16-17H2,1H3,(H,26,27). The van der Waals surface area contributed by atoms with Gasteiger partial charge >= 0.3 is 0 Å². The fourth-order valence-electron chi connectivity index (χ4n) is 3.31. The molecule has 4 rings (SSSR count). The molecule has 0 aliphatic carbocycles. The highest BCUT2D eigenvalue weighted by Gasteiger charge is 2.15. The largest absolute Gasteiger partial charge is 0.494 e. The zero-order valence-electron chi connectivity index (χ0n) is 17.4. The second-order valence-corrected chi connectivity index (χ2v) is 7.05. The lowest BCUT2D eigenvalue weighted by Crippen LogP contribution is -2.16. The molecule has 1 N–H and O–H groups in total. The van der Waals surface area contributed by atoms with Crippen LogP contribution >= 0.6 is 0 Å². The highest BCUT2D eigenvalue weighted by molar-refractivity contribution is 6.04. The Morgan fingerprint density at radius 3 is 2.55 bits per heavy atom. The van der Waals surface area contributed by atoms with Crippen molar-refractivity contribution in [3.05, 3.63) is 83.4 Å². The zero-order valence-corrected chi connectivity index (χ0v) is 17.4. The van der Waals surface area contributed by atoms with Crippen molar-refractivity contribution in [2.24, 2.45) is 0 Å². The minimum Gasteiger partial charge on any atom is -0.494 e. The van der Waals surface area contributed by atoms with E-state index in [9.17, 15) is 4.79 Å². The van der Waals surface area contributed by atoms with E-state index in [1.165, 1.54) is 0 Å². The van der Waals surface area contributed by atoms with Crippen LogP contribution in [0.5, 0.6) is 17.2 Å². The Labute approximate surface area is 181 Å². The van der Waals surface area contributed by atoms with Gasteiger partial charge in [-0.15, -0.1) is 0 Å². The molecule has 0 atom stereocenters. The third-order valence-corrected chi connectivity index (χ3v) is 4.79. The molecule has 3 aromatic carbocycles. The molecule has 3 aromatic rings. The first-order chi connectivity index (χ1) is 15.2. The van der Waals surface area contributed by atoms with Gasteiger partial charge in [-0.05, 0) is 42.8 Å². The average molecular weight is 419 g/mol. The van der Waals surface area contributed by atoms with Crippen molar-refractivity contribution in [2.45, 2.75) is 20.1 Å². The topological polar surface area (TPSA) is 66.0 Å². The highest BCUT2D eigenvalue weighted by Crippen LogP contribution is 2.33. The van der Waals surface area contributed by atoms with Crippen LogP contribution in [0, 0.1) is 0 Å². The molecule has 0 bridgehead atoms. The monoisotopic (exact) mass is 419 g/mol. The maximum absolute atomic E-state index is 12.8. The van der Waals surface area contributed by atoms with Gasteiger partial charge in [0.2, 0.25) is 0 Å². The van der Waals surface area contributed by atoms with Crippen LogP contribution < -0.4 is 19.5 Å². The second-order valence-electron chi connectivity index (χ2n) is 7.05. The number of hydrogen-bond acceptors (Lipinski definition) is 5. The average Bonchev–Trinajstić information content (AvgIpc) is 2.81. The molecule has 0 saturated carbocycles. The van der Waals surface area contributed by atoms with E-state index in [1.54, 1.807) is 24.3 Å². The summed E-state index contributed by atoms with van der Waals surface area (Å²) in [5.41, 5.74) is 3.09. The molecular weight excluding hydrogens is 394 g/mol. The number of hydrogen-bond donors (Lipinski definition) is 1. The minimum atomic E-state index is -0.218. The summed E-state index contributed by atoms with van der Waals surface area (Å²) in [6.07, 6.45) is 0. The van der Waals surface area contributed by atoms with Crippen LogP contribution in [0.1, 0.15) is 28.4 Å². The summed E-state index contributed by atoms with van der Waals surface area (Å²) in [6.45, 7) is 4.32. The maximum atomic E-state index is 12.8. The van der Waals surface area contributed by atoms with Gasteiger partial charge in [0.25, 0.3) is 5.91 Å². The number of ether oxygens (including phenoxy) is 4. The summed E-state index contributed by atoms with van der Waals surface area (Å²) in [4.78, 5) is 12.8. The number of anilines is 1. The zero-order chi connectivity index (χ0) is 21.5. The normalized spacial score (nSPS) is 12.3. The predicted octanol–water partition coefficient (Wildman–Crippen LogP) is 4.83. The van der Waals surface area contributed by atoms with E-state index < -0.39 is 0 Å². The van der Waals surface area contributed by atoms with Crippen molar-refractivity contribution in [1.29, 1.82) is 0 Å². The van der Waals surface area contributed by atoms with Crippen molar-refractivity contribution >= 4 is 11.6 Å². The molecule has 6 nitrogen and oxygen atoms in total. The Balaban J connectivity index is 1.45. The Morgan fingerprint density at radius 1 is 0.935 bits per heavy atom. The van der Waals surface area contributed by atoms with E-state index in [-0.39, 0.29) is 5.91 Å². The Bertz CT molecular complexity index is 1040. The van der Waals surface area contributed by atoms with Crippen LogP contribution in [0.25, 0.3) is 0 Å². The van der Waals surface area contributed by atoms with Crippen LogP contribution in [0.4, 0.5) is 5.69 Å². The minimum absolute atomic E-state index is 0.218. The number of benzene rings is 3. The van der Waals surface area contributed by atoms with E-state index in [4.69, 9.17) is 18.9 Å². The van der Waals surface area contributed by atoms with Gasteiger partial charge in [0.15, 0.2) is 11.5 Å². The van der Waals surface area contributed by atoms with Gasteiger partial charge in [0, 0.05) is 22.9 Å². The van der Waals surface area contributed by atoms with Gasteiger partial charge in [-0.25, -0.2) is 0 Å². The van der Waals surface area contributed by atoms with Gasteiger partial charge in [-0.2, -0.15) is 0 Å². The number of carbonyl (C=O) groups is 1. The molecule has 0 spiro atoms. The van der Waals surface area contributed by atoms with Crippen LogP contribution in [-0.4, -0.2) is 25.7 Å². The summed E-state index contributed by atoms with van der Waals surface area (Å²) in [5, 5.41) is 2.91. The van der Waals surface area contributed by atoms with Gasteiger partial charge in [-0.3, -0.25) is 4.79 Å². The fraction of sp³-hybridized carbons (Fsp3) is 0.240. The summed E-state index contributed by atoms with van der Waals surface area (Å²) in [7, 11) is 0. The van der Waals surface area contributed by atoms with Crippen molar-refractivity contribution in [1.82, 2.24) is 0 Å². The first-order valence-electron chi connectivity index (χ1n) is 10.3. The van der Waals surface area contributed by atoms with Gasteiger partial charge in [-0.1, -0.05) is 30.3 Å². The lowest BCUT2D eigenvalue weighted by Gasteiger charge is -2.19. The third kappa shape index (κ3) is 5.35. The Hall–Kier alpha value is -3.51. The van der Waals surface area contributed by atoms with Crippen LogP contribution in [0.3, 0.4) is 0 Å². The lowest BCUT2D eigenvalue weighted by molar-refractivity contribution is 0.101. The van der Waals surface area contributed by atoms with Crippen molar-refractivity contribution in [3.63, 3.8) is 0 Å². The molecule has 1 amide bonds. The fourth-order valence-corrected chi connectivity index (χ4v) is 3.31. The number of amides is 1. The Morgan fingerprint density at radius 2 is 1.74 bits per heavy atom. The van der Waals surface area contributed by atoms with E-state index in [1.807, 2.05) is 49.4 Å². The smallest absolute Gasteiger partial charge is 0.255 e. The molecule has 6 heteroatoms. The first kappa shape index (κ1) is 20.8. The summed E-state index contributed by atoms with van der Waals surface area (Å²) in [6, 6.07) is 20.7. The number of nitrogens with one attached hydrogen (secondary N) is 1. The predicted molar refractivity (Wildman–Crippen MR) is 118 cm³/mol. The molecule has 0 fully saturated rings. The number of fused-ring (bicyclic) bond motifs is 1. The first-order valence-corrected chi connectivity index (χ1v) is 10.3. The molecule has 31 heavy (non-hydrogen) atoms. The maximum Gasteiger partial charge on any atom is 0.255 e. The molecular formula is C25H25NO5. The van der Waals surface area contributed by atoms with E-state index >= 15 is 0 Å². The van der Waals surface area contributed by atoms with Crippen LogP contribution in [-0.2, 0) is 18.0 Å². The molecule has 0 unspecified atom stereocenters. The molecule has 0 aromatic heterocycles. The highest BCUT2D eigenvalue weighted by atomic mass is 16.6. The summed E-state index contributed by atoms with van der Waals surface area (Å²) in [5.74, 6) is 1.81. The van der Waals surface area contributed by atoms with Crippen molar-refractivity contribution in [2.75, 3.05) is 25.1 Å². The number of rotatable bonds is 8. The summed E-state index contributed by atoms with van der Waals surface area (Å²) < 4.78 is 22.7. The molecule has 0 radical (unpaired) electrons. The van der Waals surface area contributed by atoms with Gasteiger partial charge in [0.05, 0.1) is 19.8 Å². The van der Waals surface area contributed by atoms with Crippen LogP contribution in [0.2, 0.25) is 0 Å². The van der Waals surface area contributed by atoms with Gasteiger partial charge in [0.1, 0.15) is 19.0 Å². The van der Waals surface area contributed by atoms with Crippen molar-refractivity contribution in [3.8, 4) is 17.2 Å². The van der Waals surface area contributed by atoms with E-state index in [0.717, 1.165) is 11.1 Å². The van der Waals surface area contributed by atoms with Crippen LogP contribution in [0.15, 0.2) is 66.7 Å². The van der Waals surface area contributed by atoms with E-state index in [2.05, 4.69) is 5.32 Å². The number of carbonyl (C=O) groups excluding carboxylic acids is 1. The SMILES string of the molecule is CCOc1ccc(C(=O)Nc2ccc3c(c2)OCCO3)cc1COCc1ccccc1. The van der Waals surface area contributed by atoms with Gasteiger partial charge < -0.3 is 24.3 Å². The molecule has 160 valence electrons. The molecule has 1 heterocycles. The third-order valence-electron chi connectivity index (χ3n) is 4.79. The molecule has 0 saturated heterocycles. The van der Waals surface area contributed by atoms with Crippen molar-refractivity contribution < 1.29 is 23.7 Å². The van der Waals surface area contributed by atoms with E-state index in [0.29, 0.717) is 61.5 Å². The second kappa shape index (κ2) is 10.00. The molecule has 1 aliphatic heterocycles. The lowest BCUT2D eigenvalue weighted by atomic mass is 10.1. The summed E-state index contributed by atoms with van der Waals surface area (Å²) >= 11 is 0. The quantitative estimate of drug-likeness (QED) is 0.567.